The van der Waals surface area contributed by atoms with Gasteiger partial charge in [-0.1, -0.05) is 11.6 Å². The molecule has 0 atom stereocenters. The van der Waals surface area contributed by atoms with Crippen LogP contribution in [-0.2, 0) is 16.6 Å². The summed E-state index contributed by atoms with van der Waals surface area (Å²) in [5.74, 6) is 0.0856. The Labute approximate surface area is 152 Å². The lowest BCUT2D eigenvalue weighted by Gasteiger charge is -2.29. The molecule has 1 aromatic carbocycles. The average molecular weight is 356 g/mol. The number of hydrogen-bond donors (Lipinski definition) is 1. The third-order valence-electron chi connectivity index (χ3n) is 4.68. The van der Waals surface area contributed by atoms with Crippen LogP contribution in [0.3, 0.4) is 0 Å². The van der Waals surface area contributed by atoms with Crippen LogP contribution in [0.2, 0.25) is 5.02 Å². The van der Waals surface area contributed by atoms with E-state index in [4.69, 9.17) is 11.6 Å². The number of nitrogens with one attached hydrogen (secondary N) is 1. The predicted octanol–water partition coefficient (Wildman–Crippen LogP) is 4.20. The van der Waals surface area contributed by atoms with Crippen molar-refractivity contribution in [3.05, 3.63) is 65.1 Å². The number of H-pyrrole nitrogens is 1. The molecule has 0 saturated heterocycles. The molecule has 2 heterocycles. The largest absolute Gasteiger partial charge is 0.361 e. The number of likely N-dealkylation sites (N-methyl/N-ethyl adjacent to an activating group) is 1. The summed E-state index contributed by atoms with van der Waals surface area (Å²) in [4.78, 5) is 22.1. The number of benzene rings is 1. The monoisotopic (exact) mass is 355 g/mol. The molecule has 0 unspecified atom stereocenters. The maximum atomic E-state index is 13.1. The Morgan fingerprint density at radius 1 is 1.24 bits per heavy atom. The molecule has 0 saturated carbocycles. The second-order valence-electron chi connectivity index (χ2n) is 6.85. The summed E-state index contributed by atoms with van der Waals surface area (Å²) in [5, 5.41) is 1.66. The highest BCUT2D eigenvalue weighted by Crippen LogP contribution is 2.33. The molecule has 2 aromatic heterocycles. The molecule has 0 radical (unpaired) electrons. The number of aromatic amines is 1. The molecule has 1 N–H and O–H groups in total. The van der Waals surface area contributed by atoms with Crippen LogP contribution >= 0.6 is 11.6 Å². The predicted molar refractivity (Wildman–Crippen MR) is 102 cm³/mol. The molecule has 130 valence electrons. The number of pyridine rings is 1. The zero-order chi connectivity index (χ0) is 18.0. The van der Waals surface area contributed by atoms with Gasteiger partial charge < -0.3 is 9.88 Å². The highest BCUT2D eigenvalue weighted by atomic mass is 35.5. The van der Waals surface area contributed by atoms with Crippen LogP contribution < -0.4 is 0 Å². The molecule has 4 nitrogen and oxygen atoms in total. The Bertz CT molecular complexity index is 886. The molecule has 3 aromatic rings. The van der Waals surface area contributed by atoms with Gasteiger partial charge in [0.1, 0.15) is 0 Å². The van der Waals surface area contributed by atoms with E-state index in [1.54, 1.807) is 17.3 Å². The van der Waals surface area contributed by atoms with Crippen molar-refractivity contribution in [3.63, 3.8) is 0 Å². The maximum absolute atomic E-state index is 13.1. The van der Waals surface area contributed by atoms with E-state index in [-0.39, 0.29) is 5.91 Å². The van der Waals surface area contributed by atoms with Crippen LogP contribution in [0.15, 0.2) is 48.9 Å². The van der Waals surface area contributed by atoms with Crippen molar-refractivity contribution < 1.29 is 4.79 Å². The fourth-order valence-electron chi connectivity index (χ4n) is 3.15. The molecular weight excluding hydrogens is 334 g/mol. The van der Waals surface area contributed by atoms with Crippen LogP contribution in [0, 0.1) is 0 Å². The van der Waals surface area contributed by atoms with Crippen LogP contribution in [0.5, 0.6) is 0 Å². The summed E-state index contributed by atoms with van der Waals surface area (Å²) in [6.45, 7) is 4.58. The molecule has 0 aliphatic carbocycles. The van der Waals surface area contributed by atoms with E-state index in [9.17, 15) is 4.79 Å². The Hall–Kier alpha value is -2.33. The van der Waals surface area contributed by atoms with Crippen molar-refractivity contribution in [3.8, 4) is 0 Å². The van der Waals surface area contributed by atoms with Crippen LogP contribution in [0.4, 0.5) is 0 Å². The van der Waals surface area contributed by atoms with Gasteiger partial charge in [-0.15, -0.1) is 0 Å². The quantitative estimate of drug-likeness (QED) is 0.745. The highest BCUT2D eigenvalue weighted by Gasteiger charge is 2.34. The van der Waals surface area contributed by atoms with Crippen molar-refractivity contribution in [2.24, 2.45) is 0 Å². The first-order valence-electron chi connectivity index (χ1n) is 8.31. The summed E-state index contributed by atoms with van der Waals surface area (Å²) < 4.78 is 0. The van der Waals surface area contributed by atoms with Gasteiger partial charge in [0.15, 0.2) is 0 Å². The number of nitrogens with zero attached hydrogens (tertiary/aromatic N) is 2. The van der Waals surface area contributed by atoms with E-state index in [1.807, 2.05) is 57.4 Å². The molecule has 0 aliphatic rings. The molecule has 3 rings (SSSR count). The van der Waals surface area contributed by atoms with E-state index >= 15 is 0 Å². The third kappa shape index (κ3) is 3.54. The molecule has 0 aliphatic heterocycles. The molecule has 25 heavy (non-hydrogen) atoms. The first kappa shape index (κ1) is 17.5. The van der Waals surface area contributed by atoms with Crippen molar-refractivity contribution in [1.29, 1.82) is 0 Å². The number of amides is 1. The molecule has 5 heteroatoms. The van der Waals surface area contributed by atoms with Crippen LogP contribution in [-0.4, -0.2) is 34.4 Å². The van der Waals surface area contributed by atoms with E-state index in [0.717, 1.165) is 22.9 Å². The zero-order valence-electron chi connectivity index (χ0n) is 14.7. The summed E-state index contributed by atoms with van der Waals surface area (Å²) in [6, 6.07) is 9.65. The van der Waals surface area contributed by atoms with Gasteiger partial charge in [-0.05, 0) is 61.7 Å². The van der Waals surface area contributed by atoms with Gasteiger partial charge in [0.2, 0.25) is 5.91 Å². The summed E-state index contributed by atoms with van der Waals surface area (Å²) >= 11 is 6.14. The second kappa shape index (κ2) is 6.89. The van der Waals surface area contributed by atoms with Gasteiger partial charge in [0, 0.05) is 48.1 Å². The van der Waals surface area contributed by atoms with Gasteiger partial charge in [-0.2, -0.15) is 0 Å². The van der Waals surface area contributed by atoms with Crippen molar-refractivity contribution in [1.82, 2.24) is 14.9 Å². The molecule has 1 amide bonds. The average Bonchev–Trinajstić information content (AvgIpc) is 3.03. The van der Waals surface area contributed by atoms with E-state index in [2.05, 4.69) is 9.97 Å². The minimum absolute atomic E-state index is 0.0856. The fourth-order valence-corrected chi connectivity index (χ4v) is 3.32. The lowest BCUT2D eigenvalue weighted by Crippen LogP contribution is -2.42. The standard InChI is InChI=1S/C20H22ClN3O/c1-20(2,17-13-23-18-5-4-15(21)12-16(17)18)19(25)24(3)11-8-14-6-9-22-10-7-14/h4-7,9-10,12-13,23H,8,11H2,1-3H3. The normalized spacial score (nSPS) is 11.7. The maximum Gasteiger partial charge on any atom is 0.232 e. The van der Waals surface area contributed by atoms with E-state index in [1.165, 1.54) is 5.56 Å². The Morgan fingerprint density at radius 2 is 1.96 bits per heavy atom. The van der Waals surface area contributed by atoms with E-state index in [0.29, 0.717) is 11.6 Å². The summed E-state index contributed by atoms with van der Waals surface area (Å²) in [6.07, 6.45) is 6.27. The number of aromatic nitrogens is 2. The van der Waals surface area contributed by atoms with Crippen molar-refractivity contribution >= 4 is 28.4 Å². The van der Waals surface area contributed by atoms with Crippen LogP contribution in [0.25, 0.3) is 10.9 Å². The minimum Gasteiger partial charge on any atom is -0.361 e. The van der Waals surface area contributed by atoms with Gasteiger partial charge in [0.25, 0.3) is 0 Å². The SMILES string of the molecule is CN(CCc1ccncc1)C(=O)C(C)(C)c1c[nH]c2ccc(Cl)cc12. The first-order chi connectivity index (χ1) is 11.9. The summed E-state index contributed by atoms with van der Waals surface area (Å²) in [5.41, 5.74) is 2.48. The lowest BCUT2D eigenvalue weighted by molar-refractivity contribution is -0.134. The molecular formula is C20H22ClN3O. The number of hydrogen-bond acceptors (Lipinski definition) is 2. The Morgan fingerprint density at radius 3 is 2.68 bits per heavy atom. The van der Waals surface area contributed by atoms with Gasteiger partial charge >= 0.3 is 0 Å². The number of halogens is 1. The number of carbonyl (C=O) groups is 1. The molecule has 0 fully saturated rings. The zero-order valence-corrected chi connectivity index (χ0v) is 15.5. The Kier molecular flexibility index (Phi) is 4.82. The fraction of sp³-hybridized carbons (Fsp3) is 0.300. The first-order valence-corrected chi connectivity index (χ1v) is 8.69. The van der Waals surface area contributed by atoms with Gasteiger partial charge in [0.05, 0.1) is 5.41 Å². The number of carbonyl (C=O) groups excluding carboxylic acids is 1. The third-order valence-corrected chi connectivity index (χ3v) is 4.92. The van der Waals surface area contributed by atoms with Crippen LogP contribution in [0.1, 0.15) is 25.0 Å². The highest BCUT2D eigenvalue weighted by molar-refractivity contribution is 6.31. The molecule has 0 spiro atoms. The smallest absolute Gasteiger partial charge is 0.232 e. The van der Waals surface area contributed by atoms with Gasteiger partial charge in [-0.25, -0.2) is 0 Å². The second-order valence-corrected chi connectivity index (χ2v) is 7.29. The summed E-state index contributed by atoms with van der Waals surface area (Å²) in [7, 11) is 1.85. The topological polar surface area (TPSA) is 49.0 Å². The number of rotatable bonds is 5. The lowest BCUT2D eigenvalue weighted by atomic mass is 9.83. The Balaban J connectivity index is 1.80. The molecule has 0 bridgehead atoms. The number of fused-ring (bicyclic) bond motifs is 1. The van der Waals surface area contributed by atoms with E-state index < -0.39 is 5.41 Å². The van der Waals surface area contributed by atoms with Crippen molar-refractivity contribution in [2.75, 3.05) is 13.6 Å². The van der Waals surface area contributed by atoms with Gasteiger partial charge in [-0.3, -0.25) is 9.78 Å². The minimum atomic E-state index is -0.643. The van der Waals surface area contributed by atoms with Crippen molar-refractivity contribution in [2.45, 2.75) is 25.7 Å².